The molecule has 1 aromatic heterocycles. The van der Waals surface area contributed by atoms with E-state index in [1.54, 1.807) is 6.07 Å². The van der Waals surface area contributed by atoms with Gasteiger partial charge in [-0.2, -0.15) is 0 Å². The van der Waals surface area contributed by atoms with Crippen molar-refractivity contribution in [3.8, 4) is 0 Å². The van der Waals surface area contributed by atoms with E-state index in [-0.39, 0.29) is 6.10 Å². The maximum Gasteiger partial charge on any atom is 0.158 e. The fraction of sp³-hybridized carbons (Fsp3) is 0.692. The first kappa shape index (κ1) is 14.5. The van der Waals surface area contributed by atoms with Crippen molar-refractivity contribution in [2.45, 2.75) is 33.0 Å². The zero-order valence-electron chi connectivity index (χ0n) is 11.3. The maximum absolute atomic E-state index is 9.64. The Hall–Kier alpha value is -0.910. The van der Waals surface area contributed by atoms with Crippen LogP contribution in [0.1, 0.15) is 26.1 Å². The lowest BCUT2D eigenvalue weighted by atomic mass is 10.0. The normalized spacial score (nSPS) is 20.8. The van der Waals surface area contributed by atoms with Crippen molar-refractivity contribution in [1.82, 2.24) is 9.97 Å². The molecule has 0 saturated carbocycles. The Morgan fingerprint density at radius 1 is 1.58 bits per heavy atom. The smallest absolute Gasteiger partial charge is 0.158 e. The molecule has 1 fully saturated rings. The number of aliphatic hydroxyl groups excluding tert-OH is 1. The molecule has 0 aromatic carbocycles. The van der Waals surface area contributed by atoms with Crippen LogP contribution in [0, 0.1) is 5.92 Å². The summed E-state index contributed by atoms with van der Waals surface area (Å²) in [5.41, 5.74) is 0. The zero-order chi connectivity index (χ0) is 13.8. The van der Waals surface area contributed by atoms with Crippen LogP contribution in [0.4, 0.5) is 5.82 Å². The Bertz CT molecular complexity index is 428. The number of hydrogen-bond donors (Lipinski definition) is 1. The summed E-state index contributed by atoms with van der Waals surface area (Å²) in [6, 6.07) is 1.77. The number of aliphatic hydroxyl groups is 1. The molecule has 19 heavy (non-hydrogen) atoms. The van der Waals surface area contributed by atoms with Gasteiger partial charge in [-0.15, -0.1) is 0 Å². The Labute approximate surface area is 118 Å². The molecular formula is C13H20ClN3O2. The second kappa shape index (κ2) is 6.50. The van der Waals surface area contributed by atoms with Crippen LogP contribution in [-0.4, -0.2) is 40.9 Å². The minimum absolute atomic E-state index is 0.287. The molecule has 1 aliphatic rings. The fourth-order valence-corrected chi connectivity index (χ4v) is 2.46. The lowest BCUT2D eigenvalue weighted by Gasteiger charge is -2.19. The number of anilines is 1. The Morgan fingerprint density at radius 2 is 2.37 bits per heavy atom. The topological polar surface area (TPSA) is 58.5 Å². The first-order valence-corrected chi connectivity index (χ1v) is 7.02. The molecule has 106 valence electrons. The molecule has 6 heteroatoms. The highest BCUT2D eigenvalue weighted by Gasteiger charge is 2.27. The minimum Gasteiger partial charge on any atom is -0.393 e. The second-order valence-electron chi connectivity index (χ2n) is 4.84. The van der Waals surface area contributed by atoms with Gasteiger partial charge in [-0.05, 0) is 20.3 Å². The summed E-state index contributed by atoms with van der Waals surface area (Å²) in [5, 5.41) is 10.1. The first-order valence-electron chi connectivity index (χ1n) is 6.64. The Balaban J connectivity index is 2.09. The number of aromatic nitrogens is 2. The van der Waals surface area contributed by atoms with Crippen molar-refractivity contribution in [2.24, 2.45) is 5.92 Å². The highest BCUT2D eigenvalue weighted by atomic mass is 35.5. The Morgan fingerprint density at radius 3 is 3.00 bits per heavy atom. The molecule has 2 heterocycles. The van der Waals surface area contributed by atoms with E-state index in [2.05, 4.69) is 14.9 Å². The van der Waals surface area contributed by atoms with Crippen molar-refractivity contribution in [3.63, 3.8) is 0 Å². The molecule has 2 atom stereocenters. The molecule has 1 N–H and O–H groups in total. The third-order valence-electron chi connectivity index (χ3n) is 3.39. The fourth-order valence-electron chi connectivity index (χ4n) is 2.26. The van der Waals surface area contributed by atoms with E-state index >= 15 is 0 Å². The van der Waals surface area contributed by atoms with E-state index in [4.69, 9.17) is 16.3 Å². The number of halogens is 1. The van der Waals surface area contributed by atoms with Gasteiger partial charge < -0.3 is 14.7 Å². The van der Waals surface area contributed by atoms with Gasteiger partial charge in [0.1, 0.15) is 17.6 Å². The molecule has 5 nitrogen and oxygen atoms in total. The highest BCUT2D eigenvalue weighted by Crippen LogP contribution is 2.25. The van der Waals surface area contributed by atoms with Crippen LogP contribution in [0.15, 0.2) is 6.07 Å². The number of ether oxygens (including phenoxy) is 1. The van der Waals surface area contributed by atoms with Crippen molar-refractivity contribution in [1.29, 1.82) is 0 Å². The molecule has 0 spiro atoms. The van der Waals surface area contributed by atoms with E-state index in [9.17, 15) is 5.11 Å². The van der Waals surface area contributed by atoms with Crippen LogP contribution >= 0.6 is 11.6 Å². The molecule has 2 unspecified atom stereocenters. The van der Waals surface area contributed by atoms with Crippen molar-refractivity contribution >= 4 is 17.4 Å². The molecular weight excluding hydrogens is 266 g/mol. The van der Waals surface area contributed by atoms with Crippen LogP contribution in [0.2, 0.25) is 5.15 Å². The van der Waals surface area contributed by atoms with Crippen LogP contribution in [0.3, 0.4) is 0 Å². The monoisotopic (exact) mass is 285 g/mol. The predicted octanol–water partition coefficient (Wildman–Crippen LogP) is 1.87. The molecule has 0 amide bonds. The summed E-state index contributed by atoms with van der Waals surface area (Å²) in [4.78, 5) is 10.8. The van der Waals surface area contributed by atoms with Gasteiger partial charge in [-0.25, -0.2) is 9.97 Å². The summed E-state index contributed by atoms with van der Waals surface area (Å²) in [6.45, 7) is 6.45. The quantitative estimate of drug-likeness (QED) is 0.837. The first-order chi connectivity index (χ1) is 9.10. The average Bonchev–Trinajstić information content (AvgIpc) is 2.85. The van der Waals surface area contributed by atoms with Crippen LogP contribution < -0.4 is 4.90 Å². The van der Waals surface area contributed by atoms with Crippen molar-refractivity contribution < 1.29 is 9.84 Å². The van der Waals surface area contributed by atoms with Gasteiger partial charge in [-0.1, -0.05) is 11.6 Å². The third kappa shape index (κ3) is 3.78. The van der Waals surface area contributed by atoms with Crippen molar-refractivity contribution in [3.05, 3.63) is 17.0 Å². The van der Waals surface area contributed by atoms with E-state index in [0.29, 0.717) is 30.1 Å². The number of rotatable bonds is 5. The number of nitrogens with zero attached hydrogens (tertiary/aromatic N) is 3. The standard InChI is InChI=1S/C13H20ClN3O2/c1-3-19-8-12-15-11(14)6-13(16-12)17-5-4-10(7-17)9(2)18/h6,9-10,18H,3-5,7-8H2,1-2H3. The summed E-state index contributed by atoms with van der Waals surface area (Å²) in [5.74, 6) is 1.71. The van der Waals surface area contributed by atoms with Crippen molar-refractivity contribution in [2.75, 3.05) is 24.6 Å². The summed E-state index contributed by atoms with van der Waals surface area (Å²) < 4.78 is 5.31. The van der Waals surface area contributed by atoms with Gasteiger partial charge in [0, 0.05) is 31.7 Å². The predicted molar refractivity (Wildman–Crippen MR) is 74.4 cm³/mol. The minimum atomic E-state index is -0.287. The van der Waals surface area contributed by atoms with Gasteiger partial charge in [0.05, 0.1) is 6.10 Å². The SMILES string of the molecule is CCOCc1nc(Cl)cc(N2CCC(C(C)O)C2)n1. The van der Waals surface area contributed by atoms with E-state index in [0.717, 1.165) is 25.3 Å². The Kier molecular flexibility index (Phi) is 4.96. The largest absolute Gasteiger partial charge is 0.393 e. The molecule has 2 rings (SSSR count). The molecule has 1 aliphatic heterocycles. The van der Waals surface area contributed by atoms with Gasteiger partial charge in [0.2, 0.25) is 0 Å². The van der Waals surface area contributed by atoms with Gasteiger partial charge in [-0.3, -0.25) is 0 Å². The summed E-state index contributed by atoms with van der Waals surface area (Å²) in [7, 11) is 0. The summed E-state index contributed by atoms with van der Waals surface area (Å²) >= 11 is 6.02. The van der Waals surface area contributed by atoms with E-state index < -0.39 is 0 Å². The summed E-state index contributed by atoms with van der Waals surface area (Å²) in [6.07, 6.45) is 0.685. The van der Waals surface area contributed by atoms with Gasteiger partial charge >= 0.3 is 0 Å². The van der Waals surface area contributed by atoms with Crippen LogP contribution in [-0.2, 0) is 11.3 Å². The highest BCUT2D eigenvalue weighted by molar-refractivity contribution is 6.29. The second-order valence-corrected chi connectivity index (χ2v) is 5.22. The molecule has 0 bridgehead atoms. The van der Waals surface area contributed by atoms with Crippen LogP contribution in [0.25, 0.3) is 0 Å². The average molecular weight is 286 g/mol. The number of hydrogen-bond acceptors (Lipinski definition) is 5. The lowest BCUT2D eigenvalue weighted by molar-refractivity contribution is 0.128. The van der Waals surface area contributed by atoms with E-state index in [1.165, 1.54) is 0 Å². The molecule has 1 aromatic rings. The van der Waals surface area contributed by atoms with E-state index in [1.807, 2.05) is 13.8 Å². The zero-order valence-corrected chi connectivity index (χ0v) is 12.1. The lowest BCUT2D eigenvalue weighted by Crippen LogP contribution is -2.25. The molecule has 1 saturated heterocycles. The third-order valence-corrected chi connectivity index (χ3v) is 3.59. The van der Waals surface area contributed by atoms with Gasteiger partial charge in [0.25, 0.3) is 0 Å². The van der Waals surface area contributed by atoms with Gasteiger partial charge in [0.15, 0.2) is 5.82 Å². The maximum atomic E-state index is 9.64. The molecule has 0 radical (unpaired) electrons. The molecule has 0 aliphatic carbocycles. The van der Waals surface area contributed by atoms with Crippen LogP contribution in [0.5, 0.6) is 0 Å².